The summed E-state index contributed by atoms with van der Waals surface area (Å²) in [4.78, 5) is 14.8. The van der Waals surface area contributed by atoms with E-state index in [0.29, 0.717) is 22.4 Å². The number of likely N-dealkylation sites (tertiary alicyclic amines) is 1. The van der Waals surface area contributed by atoms with Crippen LogP contribution in [0, 0.1) is 11.8 Å². The lowest BCUT2D eigenvalue weighted by atomic mass is 9.84. The molecule has 2 aliphatic rings. The number of amides is 1. The molecule has 2 heterocycles. The number of fused-ring (bicyclic) bond motifs is 1. The van der Waals surface area contributed by atoms with Gasteiger partial charge in [0.05, 0.1) is 5.02 Å². The largest absolute Gasteiger partial charge is 0.333 e. The van der Waals surface area contributed by atoms with Crippen molar-refractivity contribution in [2.75, 3.05) is 19.6 Å². The molecule has 20 heavy (non-hydrogen) atoms. The Kier molecular flexibility index (Phi) is 3.59. The molecule has 0 saturated carbocycles. The highest BCUT2D eigenvalue weighted by molar-refractivity contribution is 9.10. The number of rotatable bonds is 1. The first-order valence-corrected chi connectivity index (χ1v) is 8.06. The van der Waals surface area contributed by atoms with Crippen LogP contribution in [-0.2, 0) is 0 Å². The van der Waals surface area contributed by atoms with Crippen molar-refractivity contribution < 1.29 is 4.79 Å². The summed E-state index contributed by atoms with van der Waals surface area (Å²) in [5.74, 6) is 1.22. The lowest BCUT2D eigenvalue weighted by molar-refractivity contribution is 0.0603. The molecule has 1 N–H and O–H groups in total. The molecule has 108 valence electrons. The Labute approximate surface area is 132 Å². The van der Waals surface area contributed by atoms with E-state index in [1.54, 1.807) is 12.1 Å². The summed E-state index contributed by atoms with van der Waals surface area (Å²) in [6.07, 6.45) is 0. The highest BCUT2D eigenvalue weighted by atomic mass is 79.9. The van der Waals surface area contributed by atoms with E-state index in [4.69, 9.17) is 11.6 Å². The van der Waals surface area contributed by atoms with Crippen LogP contribution in [0.5, 0.6) is 0 Å². The second kappa shape index (κ2) is 5.00. The van der Waals surface area contributed by atoms with Crippen molar-refractivity contribution in [3.8, 4) is 0 Å². The quantitative estimate of drug-likeness (QED) is 0.837. The number of hydrogen-bond donors (Lipinski definition) is 1. The third-order valence-electron chi connectivity index (χ3n) is 4.77. The third kappa shape index (κ3) is 2.18. The smallest absolute Gasteiger partial charge is 0.254 e. The number of hydrogen-bond acceptors (Lipinski definition) is 2. The van der Waals surface area contributed by atoms with E-state index in [0.717, 1.165) is 24.1 Å². The van der Waals surface area contributed by atoms with Gasteiger partial charge in [0.2, 0.25) is 0 Å². The maximum atomic E-state index is 12.8. The summed E-state index contributed by atoms with van der Waals surface area (Å²) < 4.78 is 0.767. The number of carbonyl (C=O) groups excluding carboxylic acids is 1. The van der Waals surface area contributed by atoms with E-state index in [1.807, 2.05) is 11.0 Å². The van der Waals surface area contributed by atoms with Gasteiger partial charge in [0.25, 0.3) is 5.91 Å². The topological polar surface area (TPSA) is 32.3 Å². The van der Waals surface area contributed by atoms with Gasteiger partial charge < -0.3 is 10.2 Å². The molecule has 2 aliphatic heterocycles. The maximum Gasteiger partial charge on any atom is 0.254 e. The predicted molar refractivity (Wildman–Crippen MR) is 84.1 cm³/mol. The van der Waals surface area contributed by atoms with Crippen LogP contribution >= 0.6 is 27.5 Å². The predicted octanol–water partition coefficient (Wildman–Crippen LogP) is 3.17. The molecule has 2 fully saturated rings. The zero-order chi connectivity index (χ0) is 14.5. The molecule has 0 aromatic heterocycles. The standard InChI is InChI=1S/C15H18BrClN2O/c1-15(2)11-7-18-6-10(11)8-19(15)14(20)9-3-4-13(17)12(16)5-9/h3-5,10-11,18H,6-8H2,1-2H3. The molecule has 1 aromatic carbocycles. The maximum absolute atomic E-state index is 12.8. The van der Waals surface area contributed by atoms with Crippen LogP contribution in [0.15, 0.2) is 22.7 Å². The Balaban J connectivity index is 1.89. The van der Waals surface area contributed by atoms with Crippen LogP contribution in [0.4, 0.5) is 0 Å². The van der Waals surface area contributed by atoms with Crippen molar-refractivity contribution in [2.24, 2.45) is 11.8 Å². The van der Waals surface area contributed by atoms with E-state index >= 15 is 0 Å². The minimum absolute atomic E-state index is 0.0989. The number of nitrogens with zero attached hydrogens (tertiary/aromatic N) is 1. The van der Waals surface area contributed by atoms with Crippen molar-refractivity contribution in [1.82, 2.24) is 10.2 Å². The Morgan fingerprint density at radius 2 is 2.20 bits per heavy atom. The van der Waals surface area contributed by atoms with Crippen LogP contribution in [-0.4, -0.2) is 36.0 Å². The van der Waals surface area contributed by atoms with Gasteiger partial charge in [0, 0.05) is 35.2 Å². The molecule has 0 spiro atoms. The second-order valence-electron chi connectivity index (χ2n) is 6.22. The highest BCUT2D eigenvalue weighted by Crippen LogP contribution is 2.41. The second-order valence-corrected chi connectivity index (χ2v) is 7.48. The Morgan fingerprint density at radius 3 is 2.85 bits per heavy atom. The van der Waals surface area contributed by atoms with Gasteiger partial charge in [-0.05, 0) is 59.8 Å². The summed E-state index contributed by atoms with van der Waals surface area (Å²) in [6.45, 7) is 7.21. The first-order valence-electron chi connectivity index (χ1n) is 6.89. The fourth-order valence-electron chi connectivity index (χ4n) is 3.55. The van der Waals surface area contributed by atoms with Gasteiger partial charge in [-0.15, -0.1) is 0 Å². The number of benzene rings is 1. The van der Waals surface area contributed by atoms with Crippen LogP contribution in [0.3, 0.4) is 0 Å². The summed E-state index contributed by atoms with van der Waals surface area (Å²) >= 11 is 9.39. The molecule has 1 amide bonds. The zero-order valence-electron chi connectivity index (χ0n) is 11.6. The molecular weight excluding hydrogens is 340 g/mol. The fourth-order valence-corrected chi connectivity index (χ4v) is 4.05. The summed E-state index contributed by atoms with van der Waals surface area (Å²) in [5, 5.41) is 4.06. The fraction of sp³-hybridized carbons (Fsp3) is 0.533. The van der Waals surface area contributed by atoms with Crippen molar-refractivity contribution >= 4 is 33.4 Å². The first-order chi connectivity index (χ1) is 9.41. The van der Waals surface area contributed by atoms with Gasteiger partial charge in [0.1, 0.15) is 0 Å². The Bertz CT molecular complexity index is 561. The Hall–Kier alpha value is -0.580. The number of halogens is 2. The van der Waals surface area contributed by atoms with Crippen molar-refractivity contribution in [1.29, 1.82) is 0 Å². The molecule has 2 saturated heterocycles. The van der Waals surface area contributed by atoms with Crippen LogP contribution < -0.4 is 5.32 Å². The summed E-state index contributed by atoms with van der Waals surface area (Å²) in [6, 6.07) is 5.38. The van der Waals surface area contributed by atoms with E-state index < -0.39 is 0 Å². The normalized spacial score (nSPS) is 27.7. The minimum atomic E-state index is -0.0998. The van der Waals surface area contributed by atoms with E-state index in [9.17, 15) is 4.79 Å². The highest BCUT2D eigenvalue weighted by Gasteiger charge is 2.51. The number of carbonyl (C=O) groups is 1. The lowest BCUT2D eigenvalue weighted by Gasteiger charge is -2.35. The SMILES string of the molecule is CC1(C)C2CNCC2CN1C(=O)c1ccc(Cl)c(Br)c1. The molecule has 1 aromatic rings. The van der Waals surface area contributed by atoms with Gasteiger partial charge >= 0.3 is 0 Å². The summed E-state index contributed by atoms with van der Waals surface area (Å²) in [5.41, 5.74) is 0.597. The van der Waals surface area contributed by atoms with Gasteiger partial charge in [-0.3, -0.25) is 4.79 Å². The molecule has 0 bridgehead atoms. The lowest BCUT2D eigenvalue weighted by Crippen LogP contribution is -2.47. The molecule has 0 radical (unpaired) electrons. The van der Waals surface area contributed by atoms with E-state index in [-0.39, 0.29) is 11.4 Å². The molecule has 0 aliphatic carbocycles. The van der Waals surface area contributed by atoms with Gasteiger partial charge in [-0.1, -0.05) is 11.6 Å². The van der Waals surface area contributed by atoms with Crippen LogP contribution in [0.1, 0.15) is 24.2 Å². The molecule has 5 heteroatoms. The van der Waals surface area contributed by atoms with Crippen molar-refractivity contribution in [3.63, 3.8) is 0 Å². The average Bonchev–Trinajstić information content (AvgIpc) is 2.95. The average molecular weight is 358 g/mol. The molecule has 2 atom stereocenters. The minimum Gasteiger partial charge on any atom is -0.333 e. The van der Waals surface area contributed by atoms with Crippen LogP contribution in [0.2, 0.25) is 5.02 Å². The Morgan fingerprint density at radius 1 is 1.45 bits per heavy atom. The zero-order valence-corrected chi connectivity index (χ0v) is 14.0. The molecular formula is C15H18BrClN2O. The molecule has 2 unspecified atom stereocenters. The van der Waals surface area contributed by atoms with Gasteiger partial charge in [0.15, 0.2) is 0 Å². The van der Waals surface area contributed by atoms with Gasteiger partial charge in [-0.25, -0.2) is 0 Å². The molecule has 3 nitrogen and oxygen atoms in total. The van der Waals surface area contributed by atoms with E-state index in [2.05, 4.69) is 35.1 Å². The monoisotopic (exact) mass is 356 g/mol. The van der Waals surface area contributed by atoms with Crippen LogP contribution in [0.25, 0.3) is 0 Å². The number of nitrogens with one attached hydrogen (secondary N) is 1. The van der Waals surface area contributed by atoms with Crippen molar-refractivity contribution in [3.05, 3.63) is 33.3 Å². The van der Waals surface area contributed by atoms with Gasteiger partial charge in [-0.2, -0.15) is 0 Å². The van der Waals surface area contributed by atoms with Crippen molar-refractivity contribution in [2.45, 2.75) is 19.4 Å². The molecule has 3 rings (SSSR count). The third-order valence-corrected chi connectivity index (χ3v) is 5.99. The van der Waals surface area contributed by atoms with E-state index in [1.165, 1.54) is 0 Å². The summed E-state index contributed by atoms with van der Waals surface area (Å²) in [7, 11) is 0. The first kappa shape index (κ1) is 14.4.